The first-order valence-corrected chi connectivity index (χ1v) is 2.13. The Bertz CT molecular complexity index is 159. The van der Waals surface area contributed by atoms with Crippen LogP contribution in [-0.2, 0) is 6.54 Å². The van der Waals surface area contributed by atoms with E-state index in [4.69, 9.17) is 0 Å². The Morgan fingerprint density at radius 1 is 1.33 bits per heavy atom. The van der Waals surface area contributed by atoms with Crippen LogP contribution >= 0.6 is 12.4 Å². The molecule has 0 aliphatic heterocycles. The standard InChI is InChI=1S/C3H5N5.ClH/c1-2-3-8-6-4-5-7-8;/h2H,1,3H2;1H. The molecule has 50 valence electrons. The first kappa shape index (κ1) is 8.03. The van der Waals surface area contributed by atoms with Crippen molar-refractivity contribution in [3.8, 4) is 0 Å². The van der Waals surface area contributed by atoms with Crippen LogP contribution in [0, 0.1) is 0 Å². The second-order valence-corrected chi connectivity index (χ2v) is 1.20. The number of hydrogen-bond donors (Lipinski definition) is 0. The van der Waals surface area contributed by atoms with Crippen molar-refractivity contribution in [3.05, 3.63) is 12.7 Å². The Morgan fingerprint density at radius 2 is 1.89 bits per heavy atom. The molecule has 0 saturated heterocycles. The molecule has 0 atom stereocenters. The van der Waals surface area contributed by atoms with Crippen LogP contribution in [0.1, 0.15) is 0 Å². The zero-order chi connectivity index (χ0) is 5.82. The third-order valence-electron chi connectivity index (χ3n) is 0.619. The number of halogens is 1. The van der Waals surface area contributed by atoms with Gasteiger partial charge >= 0.3 is 0 Å². The van der Waals surface area contributed by atoms with E-state index in [0.717, 1.165) is 0 Å². The van der Waals surface area contributed by atoms with E-state index in [1.54, 1.807) is 6.08 Å². The molecule has 1 rings (SSSR count). The molecule has 0 aromatic carbocycles. The van der Waals surface area contributed by atoms with Crippen molar-refractivity contribution in [2.45, 2.75) is 6.54 Å². The van der Waals surface area contributed by atoms with E-state index in [2.05, 4.69) is 27.4 Å². The van der Waals surface area contributed by atoms with Crippen LogP contribution in [0.4, 0.5) is 0 Å². The van der Waals surface area contributed by atoms with E-state index in [1.807, 2.05) is 0 Å². The molecule has 0 radical (unpaired) electrons. The molecule has 1 heterocycles. The van der Waals surface area contributed by atoms with Crippen molar-refractivity contribution in [1.29, 1.82) is 0 Å². The molecule has 0 unspecified atom stereocenters. The number of hydrogen-bond acceptors (Lipinski definition) is 4. The third kappa shape index (κ3) is 2.18. The molecule has 0 saturated carbocycles. The van der Waals surface area contributed by atoms with Gasteiger partial charge in [-0.25, -0.2) is 0 Å². The van der Waals surface area contributed by atoms with Crippen molar-refractivity contribution >= 4 is 12.4 Å². The van der Waals surface area contributed by atoms with E-state index >= 15 is 0 Å². The largest absolute Gasteiger partial charge is 0.147 e. The monoisotopic (exact) mass is 147 g/mol. The maximum absolute atomic E-state index is 3.48. The molecular weight excluding hydrogens is 142 g/mol. The van der Waals surface area contributed by atoms with E-state index in [1.165, 1.54) is 4.80 Å². The van der Waals surface area contributed by atoms with E-state index in [-0.39, 0.29) is 12.4 Å². The summed E-state index contributed by atoms with van der Waals surface area (Å²) < 4.78 is 0. The predicted octanol–water partition coefficient (Wildman–Crippen LogP) is -0.324. The normalized spacial score (nSPS) is 8.00. The van der Waals surface area contributed by atoms with Crippen molar-refractivity contribution in [2.24, 2.45) is 0 Å². The quantitative estimate of drug-likeness (QED) is 0.538. The SMILES string of the molecule is C=CCn1nnnn1.Cl. The summed E-state index contributed by atoms with van der Waals surface area (Å²) in [6.07, 6.45) is 1.67. The summed E-state index contributed by atoms with van der Waals surface area (Å²) >= 11 is 0. The lowest BCUT2D eigenvalue weighted by Crippen LogP contribution is -1.99. The van der Waals surface area contributed by atoms with Gasteiger partial charge in [-0.3, -0.25) is 0 Å². The lowest BCUT2D eigenvalue weighted by molar-refractivity contribution is 0.575. The summed E-state index contributed by atoms with van der Waals surface area (Å²) in [6.45, 7) is 4.04. The highest BCUT2D eigenvalue weighted by molar-refractivity contribution is 5.85. The molecule has 0 bridgehead atoms. The van der Waals surface area contributed by atoms with Crippen LogP contribution in [0.2, 0.25) is 0 Å². The van der Waals surface area contributed by atoms with Crippen molar-refractivity contribution < 1.29 is 0 Å². The van der Waals surface area contributed by atoms with Crippen molar-refractivity contribution in [3.63, 3.8) is 0 Å². The fourth-order valence-corrected chi connectivity index (χ4v) is 0.335. The fraction of sp³-hybridized carbons (Fsp3) is 0.333. The van der Waals surface area contributed by atoms with Crippen LogP contribution < -0.4 is 0 Å². The topological polar surface area (TPSA) is 56.5 Å². The molecule has 6 heteroatoms. The third-order valence-corrected chi connectivity index (χ3v) is 0.619. The van der Waals surface area contributed by atoms with Crippen LogP contribution in [0.25, 0.3) is 0 Å². The highest BCUT2D eigenvalue weighted by Crippen LogP contribution is 1.69. The lowest BCUT2D eigenvalue weighted by Gasteiger charge is -1.82. The van der Waals surface area contributed by atoms with Crippen LogP contribution in [0.15, 0.2) is 12.7 Å². The first-order chi connectivity index (χ1) is 3.93. The van der Waals surface area contributed by atoms with Crippen molar-refractivity contribution in [2.75, 3.05) is 0 Å². The van der Waals surface area contributed by atoms with Crippen LogP contribution in [0.5, 0.6) is 0 Å². The minimum atomic E-state index is 0. The lowest BCUT2D eigenvalue weighted by atomic mass is 10.7. The average Bonchev–Trinajstić information content (AvgIpc) is 2.19. The molecule has 0 aliphatic carbocycles. The molecule has 9 heavy (non-hydrogen) atoms. The molecule has 0 N–H and O–H groups in total. The summed E-state index contributed by atoms with van der Waals surface area (Å²) in [4.78, 5) is 1.34. The molecule has 0 spiro atoms. The Balaban J connectivity index is 0.000000640. The maximum Gasteiger partial charge on any atom is 0.0821 e. The summed E-state index contributed by atoms with van der Waals surface area (Å²) in [5.41, 5.74) is 0. The van der Waals surface area contributed by atoms with Crippen molar-refractivity contribution in [1.82, 2.24) is 25.7 Å². The smallest absolute Gasteiger partial charge is 0.0821 e. The highest BCUT2D eigenvalue weighted by atomic mass is 35.5. The second kappa shape index (κ2) is 3.96. The molecule has 0 fully saturated rings. The van der Waals surface area contributed by atoms with Crippen LogP contribution in [0.3, 0.4) is 0 Å². The zero-order valence-corrected chi connectivity index (χ0v) is 5.45. The van der Waals surface area contributed by atoms with Crippen LogP contribution in [-0.4, -0.2) is 25.7 Å². The van der Waals surface area contributed by atoms with Gasteiger partial charge in [0, 0.05) is 0 Å². The number of nitrogens with zero attached hydrogens (tertiary/aromatic N) is 5. The molecule has 0 aliphatic rings. The van der Waals surface area contributed by atoms with Gasteiger partial charge in [-0.1, -0.05) is 6.08 Å². The molecule has 0 amide bonds. The van der Waals surface area contributed by atoms with Gasteiger partial charge in [-0.05, 0) is 20.9 Å². The number of aromatic nitrogens is 5. The minimum absolute atomic E-state index is 0. The predicted molar refractivity (Wildman–Crippen MR) is 33.1 cm³/mol. The summed E-state index contributed by atoms with van der Waals surface area (Å²) in [5.74, 6) is 0. The maximum atomic E-state index is 3.48. The first-order valence-electron chi connectivity index (χ1n) is 2.13. The second-order valence-electron chi connectivity index (χ2n) is 1.20. The fourth-order valence-electron chi connectivity index (χ4n) is 0.335. The van der Waals surface area contributed by atoms with Gasteiger partial charge in [0.15, 0.2) is 0 Å². The van der Waals surface area contributed by atoms with E-state index < -0.39 is 0 Å². The van der Waals surface area contributed by atoms with Gasteiger partial charge in [0.05, 0.1) is 6.54 Å². The van der Waals surface area contributed by atoms with Gasteiger partial charge < -0.3 is 0 Å². The van der Waals surface area contributed by atoms with Gasteiger partial charge in [-0.15, -0.1) is 23.8 Å². The van der Waals surface area contributed by atoms with Gasteiger partial charge in [0.1, 0.15) is 0 Å². The minimum Gasteiger partial charge on any atom is -0.147 e. The number of allylic oxidation sites excluding steroid dienone is 1. The average molecular weight is 148 g/mol. The van der Waals surface area contributed by atoms with Gasteiger partial charge in [0.25, 0.3) is 0 Å². The Labute approximate surface area is 58.1 Å². The molecule has 5 nitrogen and oxygen atoms in total. The summed E-state index contributed by atoms with van der Waals surface area (Å²) in [6, 6.07) is 0. The molecule has 1 aromatic rings. The van der Waals surface area contributed by atoms with Gasteiger partial charge in [0.2, 0.25) is 0 Å². The zero-order valence-electron chi connectivity index (χ0n) is 4.64. The molecule has 1 aromatic heterocycles. The highest BCUT2D eigenvalue weighted by Gasteiger charge is 1.84. The summed E-state index contributed by atoms with van der Waals surface area (Å²) in [7, 11) is 0. The van der Waals surface area contributed by atoms with Gasteiger partial charge in [-0.2, -0.15) is 0 Å². The van der Waals surface area contributed by atoms with E-state index in [0.29, 0.717) is 6.54 Å². The van der Waals surface area contributed by atoms with E-state index in [9.17, 15) is 0 Å². The Hall–Kier alpha value is -0.970. The Kier molecular flexibility index (Phi) is 3.54. The molecular formula is C3H6ClN5. The summed E-state index contributed by atoms with van der Waals surface area (Å²) in [5, 5.41) is 13.4. The number of rotatable bonds is 2. The Morgan fingerprint density at radius 3 is 2.33 bits per heavy atom.